The molecule has 0 aromatic carbocycles. The van der Waals surface area contributed by atoms with E-state index in [9.17, 15) is 0 Å². The Bertz CT molecular complexity index is 241. The lowest BCUT2D eigenvalue weighted by Crippen LogP contribution is -1.98. The standard InChI is InChI=1S/C11H17N/c1-4-10-8-12-6-5-11(10)7-9(2)3/h5-6,8-9H,4,7H2,1-3H3. The van der Waals surface area contributed by atoms with Crippen molar-refractivity contribution < 1.29 is 0 Å². The van der Waals surface area contributed by atoms with Crippen LogP contribution in [0.25, 0.3) is 0 Å². The molecule has 66 valence electrons. The molecule has 0 amide bonds. The molecule has 0 bridgehead atoms. The van der Waals surface area contributed by atoms with E-state index in [2.05, 4.69) is 31.8 Å². The van der Waals surface area contributed by atoms with Crippen molar-refractivity contribution in [2.24, 2.45) is 5.92 Å². The van der Waals surface area contributed by atoms with E-state index in [1.807, 2.05) is 12.4 Å². The van der Waals surface area contributed by atoms with E-state index in [0.29, 0.717) is 0 Å². The summed E-state index contributed by atoms with van der Waals surface area (Å²) in [4.78, 5) is 4.12. The molecular weight excluding hydrogens is 146 g/mol. The molecule has 0 aliphatic rings. The lowest BCUT2D eigenvalue weighted by molar-refractivity contribution is 0.642. The van der Waals surface area contributed by atoms with E-state index in [1.165, 1.54) is 17.5 Å². The van der Waals surface area contributed by atoms with E-state index in [4.69, 9.17) is 0 Å². The highest BCUT2D eigenvalue weighted by molar-refractivity contribution is 5.23. The van der Waals surface area contributed by atoms with Crippen molar-refractivity contribution in [1.82, 2.24) is 4.98 Å². The van der Waals surface area contributed by atoms with Crippen LogP contribution >= 0.6 is 0 Å². The van der Waals surface area contributed by atoms with Gasteiger partial charge in [0.2, 0.25) is 0 Å². The first-order chi connectivity index (χ1) is 5.74. The van der Waals surface area contributed by atoms with E-state index < -0.39 is 0 Å². The van der Waals surface area contributed by atoms with Gasteiger partial charge in [-0.25, -0.2) is 0 Å². The molecule has 0 aliphatic carbocycles. The van der Waals surface area contributed by atoms with E-state index >= 15 is 0 Å². The molecule has 1 heterocycles. The molecule has 12 heavy (non-hydrogen) atoms. The van der Waals surface area contributed by atoms with Crippen molar-refractivity contribution in [2.45, 2.75) is 33.6 Å². The third-order valence-electron chi connectivity index (χ3n) is 2.01. The van der Waals surface area contributed by atoms with E-state index in [1.54, 1.807) is 0 Å². The first-order valence-electron chi connectivity index (χ1n) is 4.65. The Labute approximate surface area is 74.8 Å². The third kappa shape index (κ3) is 2.33. The van der Waals surface area contributed by atoms with Crippen LogP contribution in [0.2, 0.25) is 0 Å². The summed E-state index contributed by atoms with van der Waals surface area (Å²) in [7, 11) is 0. The molecule has 0 radical (unpaired) electrons. The maximum atomic E-state index is 4.12. The van der Waals surface area contributed by atoms with Crippen molar-refractivity contribution in [3.8, 4) is 0 Å². The minimum absolute atomic E-state index is 0.734. The molecule has 0 fully saturated rings. The molecule has 1 rings (SSSR count). The van der Waals surface area contributed by atoms with Crippen LogP contribution in [0, 0.1) is 5.92 Å². The molecule has 1 aromatic heterocycles. The molecule has 0 aliphatic heterocycles. The van der Waals surface area contributed by atoms with Gasteiger partial charge >= 0.3 is 0 Å². The molecule has 1 heteroatoms. The van der Waals surface area contributed by atoms with Crippen molar-refractivity contribution in [2.75, 3.05) is 0 Å². The first-order valence-corrected chi connectivity index (χ1v) is 4.65. The van der Waals surface area contributed by atoms with Gasteiger partial charge in [0.25, 0.3) is 0 Å². The Morgan fingerprint density at radius 3 is 2.67 bits per heavy atom. The summed E-state index contributed by atoms with van der Waals surface area (Å²) < 4.78 is 0. The smallest absolute Gasteiger partial charge is 0.0302 e. The molecule has 1 aromatic rings. The van der Waals surface area contributed by atoms with Crippen LogP contribution in [-0.4, -0.2) is 4.98 Å². The number of nitrogens with zero attached hydrogens (tertiary/aromatic N) is 1. The van der Waals surface area contributed by atoms with Crippen LogP contribution < -0.4 is 0 Å². The summed E-state index contributed by atoms with van der Waals surface area (Å²) >= 11 is 0. The van der Waals surface area contributed by atoms with Crippen LogP contribution in [0.1, 0.15) is 31.9 Å². The number of aryl methyl sites for hydroxylation is 1. The fraction of sp³-hybridized carbons (Fsp3) is 0.545. The molecule has 1 nitrogen and oxygen atoms in total. The van der Waals surface area contributed by atoms with Crippen molar-refractivity contribution in [3.05, 3.63) is 29.6 Å². The number of pyridine rings is 1. The quantitative estimate of drug-likeness (QED) is 0.667. The summed E-state index contributed by atoms with van der Waals surface area (Å²) in [6.07, 6.45) is 6.14. The number of rotatable bonds is 3. The minimum Gasteiger partial charge on any atom is -0.264 e. The molecule has 0 N–H and O–H groups in total. The van der Waals surface area contributed by atoms with Gasteiger partial charge < -0.3 is 0 Å². The van der Waals surface area contributed by atoms with Crippen LogP contribution in [0.3, 0.4) is 0 Å². The number of hydrogen-bond donors (Lipinski definition) is 0. The monoisotopic (exact) mass is 163 g/mol. The highest BCUT2D eigenvalue weighted by Gasteiger charge is 2.01. The van der Waals surface area contributed by atoms with Gasteiger partial charge in [-0.2, -0.15) is 0 Å². The predicted molar refractivity (Wildman–Crippen MR) is 52.2 cm³/mol. The van der Waals surface area contributed by atoms with E-state index in [0.717, 1.165) is 12.3 Å². The molecule has 0 atom stereocenters. The summed E-state index contributed by atoms with van der Waals surface area (Å²) in [5.41, 5.74) is 2.86. The second-order valence-electron chi connectivity index (χ2n) is 3.60. The number of aromatic nitrogens is 1. The van der Waals surface area contributed by atoms with Crippen molar-refractivity contribution >= 4 is 0 Å². The Hall–Kier alpha value is -0.850. The van der Waals surface area contributed by atoms with Crippen LogP contribution in [-0.2, 0) is 12.8 Å². The lowest BCUT2D eigenvalue weighted by Gasteiger charge is -2.08. The zero-order valence-electron chi connectivity index (χ0n) is 8.17. The normalized spacial score (nSPS) is 10.7. The molecule has 0 unspecified atom stereocenters. The number of hydrogen-bond acceptors (Lipinski definition) is 1. The van der Waals surface area contributed by atoms with Crippen LogP contribution in [0.15, 0.2) is 18.5 Å². The largest absolute Gasteiger partial charge is 0.264 e. The average molecular weight is 163 g/mol. The van der Waals surface area contributed by atoms with Gasteiger partial charge in [0.15, 0.2) is 0 Å². The second-order valence-corrected chi connectivity index (χ2v) is 3.60. The van der Waals surface area contributed by atoms with Gasteiger partial charge in [0, 0.05) is 12.4 Å². The fourth-order valence-corrected chi connectivity index (χ4v) is 1.41. The topological polar surface area (TPSA) is 12.9 Å². The van der Waals surface area contributed by atoms with Gasteiger partial charge in [0.05, 0.1) is 0 Å². The van der Waals surface area contributed by atoms with Gasteiger partial charge in [-0.05, 0) is 36.0 Å². The Balaban J connectivity index is 2.82. The van der Waals surface area contributed by atoms with Gasteiger partial charge in [-0.1, -0.05) is 20.8 Å². The van der Waals surface area contributed by atoms with Crippen LogP contribution in [0.5, 0.6) is 0 Å². The maximum Gasteiger partial charge on any atom is 0.0302 e. The van der Waals surface area contributed by atoms with Gasteiger partial charge in [-0.15, -0.1) is 0 Å². The van der Waals surface area contributed by atoms with Crippen molar-refractivity contribution in [1.29, 1.82) is 0 Å². The summed E-state index contributed by atoms with van der Waals surface area (Å²) in [6.45, 7) is 6.68. The third-order valence-corrected chi connectivity index (χ3v) is 2.01. The van der Waals surface area contributed by atoms with Gasteiger partial charge in [-0.3, -0.25) is 4.98 Å². The molecular formula is C11H17N. The lowest BCUT2D eigenvalue weighted by atomic mass is 9.99. The minimum atomic E-state index is 0.734. The van der Waals surface area contributed by atoms with Gasteiger partial charge in [0.1, 0.15) is 0 Å². The molecule has 0 saturated carbocycles. The van der Waals surface area contributed by atoms with Crippen LogP contribution in [0.4, 0.5) is 0 Å². The van der Waals surface area contributed by atoms with E-state index in [-0.39, 0.29) is 0 Å². The maximum absolute atomic E-state index is 4.12. The average Bonchev–Trinajstić information content (AvgIpc) is 2.04. The summed E-state index contributed by atoms with van der Waals surface area (Å²) in [6, 6.07) is 2.14. The SMILES string of the molecule is CCc1cnccc1CC(C)C. The Morgan fingerprint density at radius 1 is 1.33 bits per heavy atom. The van der Waals surface area contributed by atoms with Crippen molar-refractivity contribution in [3.63, 3.8) is 0 Å². The highest BCUT2D eigenvalue weighted by Crippen LogP contribution is 2.12. The molecule has 0 saturated heterocycles. The highest BCUT2D eigenvalue weighted by atomic mass is 14.6. The first kappa shape index (κ1) is 9.24. The summed E-state index contributed by atoms with van der Waals surface area (Å²) in [5, 5.41) is 0. The second kappa shape index (κ2) is 4.24. The summed E-state index contributed by atoms with van der Waals surface area (Å²) in [5.74, 6) is 0.734. The zero-order chi connectivity index (χ0) is 8.97. The zero-order valence-corrected chi connectivity index (χ0v) is 8.17. The predicted octanol–water partition coefficient (Wildman–Crippen LogP) is 2.84. The Kier molecular flexibility index (Phi) is 3.27. The fourth-order valence-electron chi connectivity index (χ4n) is 1.41. The Morgan fingerprint density at radius 2 is 2.08 bits per heavy atom. The molecule has 0 spiro atoms.